The Morgan fingerprint density at radius 1 is 1.33 bits per heavy atom. The Bertz CT molecular complexity index is 325. The molecule has 0 saturated heterocycles. The summed E-state index contributed by atoms with van der Waals surface area (Å²) in [5, 5.41) is 2.72. The van der Waals surface area contributed by atoms with Crippen molar-refractivity contribution in [2.45, 2.75) is 6.61 Å². The van der Waals surface area contributed by atoms with Crippen molar-refractivity contribution >= 4 is 11.6 Å². The number of benzene rings is 1. The first-order chi connectivity index (χ1) is 7.26. The fourth-order valence-electron chi connectivity index (χ4n) is 1.23. The molecule has 0 spiro atoms. The molecule has 0 aliphatic heterocycles. The zero-order valence-corrected chi connectivity index (χ0v) is 8.95. The maximum Gasteiger partial charge on any atom is 0.250 e. The van der Waals surface area contributed by atoms with E-state index in [1.807, 2.05) is 24.3 Å². The summed E-state index contributed by atoms with van der Waals surface area (Å²) < 4.78 is 9.71. The lowest BCUT2D eigenvalue weighted by atomic mass is 10.2. The lowest BCUT2D eigenvalue weighted by molar-refractivity contribution is -0.119. The zero-order chi connectivity index (χ0) is 11.1. The number of methoxy groups -OCH3 is 2. The molecule has 4 heteroatoms. The highest BCUT2D eigenvalue weighted by atomic mass is 16.5. The standard InChI is InChI=1S/C11H15NO3/c1-14-7-9-4-3-5-10(6-9)12-11(13)8-15-2/h3-6H,7-8H2,1-2H3,(H,12,13). The molecule has 1 amide bonds. The molecule has 0 bridgehead atoms. The van der Waals surface area contributed by atoms with Crippen LogP contribution in [0.25, 0.3) is 0 Å². The van der Waals surface area contributed by atoms with Gasteiger partial charge in [0.15, 0.2) is 0 Å². The number of hydrogen-bond donors (Lipinski definition) is 1. The number of carbonyl (C=O) groups is 1. The number of carbonyl (C=O) groups excluding carboxylic acids is 1. The van der Waals surface area contributed by atoms with E-state index in [0.29, 0.717) is 6.61 Å². The SMILES string of the molecule is COCC(=O)Nc1cccc(COC)c1. The van der Waals surface area contributed by atoms with E-state index in [-0.39, 0.29) is 12.5 Å². The molecule has 0 fully saturated rings. The van der Waals surface area contributed by atoms with Crippen molar-refractivity contribution in [3.05, 3.63) is 29.8 Å². The van der Waals surface area contributed by atoms with E-state index >= 15 is 0 Å². The van der Waals surface area contributed by atoms with E-state index in [1.54, 1.807) is 7.11 Å². The first kappa shape index (κ1) is 11.7. The predicted octanol–water partition coefficient (Wildman–Crippen LogP) is 1.42. The third kappa shape index (κ3) is 4.10. The van der Waals surface area contributed by atoms with Crippen molar-refractivity contribution in [3.8, 4) is 0 Å². The Morgan fingerprint density at radius 2 is 2.13 bits per heavy atom. The summed E-state index contributed by atoms with van der Waals surface area (Å²) in [5.41, 5.74) is 1.78. The minimum Gasteiger partial charge on any atom is -0.380 e. The number of anilines is 1. The van der Waals surface area contributed by atoms with Gasteiger partial charge in [-0.3, -0.25) is 4.79 Å². The van der Waals surface area contributed by atoms with Gasteiger partial charge in [-0.15, -0.1) is 0 Å². The molecule has 0 radical (unpaired) electrons. The molecule has 0 saturated carbocycles. The lowest BCUT2D eigenvalue weighted by Crippen LogP contribution is -2.17. The van der Waals surface area contributed by atoms with Crippen LogP contribution in [0.2, 0.25) is 0 Å². The lowest BCUT2D eigenvalue weighted by Gasteiger charge is -2.06. The molecule has 82 valence electrons. The van der Waals surface area contributed by atoms with Crippen molar-refractivity contribution in [3.63, 3.8) is 0 Å². The summed E-state index contributed by atoms with van der Waals surface area (Å²) in [4.78, 5) is 11.2. The van der Waals surface area contributed by atoms with Gasteiger partial charge in [0.25, 0.3) is 0 Å². The number of amides is 1. The first-order valence-corrected chi connectivity index (χ1v) is 4.63. The number of ether oxygens (including phenoxy) is 2. The van der Waals surface area contributed by atoms with Crippen molar-refractivity contribution < 1.29 is 14.3 Å². The molecule has 1 aromatic carbocycles. The smallest absolute Gasteiger partial charge is 0.250 e. The minimum absolute atomic E-state index is 0.0640. The third-order valence-electron chi connectivity index (χ3n) is 1.80. The maximum atomic E-state index is 11.2. The van der Waals surface area contributed by atoms with Gasteiger partial charge in [-0.1, -0.05) is 12.1 Å². The van der Waals surface area contributed by atoms with E-state index in [0.717, 1.165) is 11.3 Å². The summed E-state index contributed by atoms with van der Waals surface area (Å²) in [6, 6.07) is 7.51. The quantitative estimate of drug-likeness (QED) is 0.797. The topological polar surface area (TPSA) is 47.6 Å². The van der Waals surface area contributed by atoms with Gasteiger partial charge in [0.05, 0.1) is 6.61 Å². The van der Waals surface area contributed by atoms with Crippen LogP contribution in [-0.2, 0) is 20.9 Å². The summed E-state index contributed by atoms with van der Waals surface area (Å²) in [6.07, 6.45) is 0. The van der Waals surface area contributed by atoms with Gasteiger partial charge in [-0.25, -0.2) is 0 Å². The van der Waals surface area contributed by atoms with Crippen molar-refractivity contribution in [2.24, 2.45) is 0 Å². The molecule has 1 aromatic rings. The molecular formula is C11H15NO3. The molecule has 0 unspecified atom stereocenters. The molecule has 0 aliphatic carbocycles. The van der Waals surface area contributed by atoms with Crippen LogP contribution in [0.3, 0.4) is 0 Å². The largest absolute Gasteiger partial charge is 0.380 e. The minimum atomic E-state index is -0.160. The van der Waals surface area contributed by atoms with Crippen LogP contribution in [0, 0.1) is 0 Å². The van der Waals surface area contributed by atoms with Crippen LogP contribution in [0.1, 0.15) is 5.56 Å². The van der Waals surface area contributed by atoms with Gasteiger partial charge in [0.2, 0.25) is 5.91 Å². The van der Waals surface area contributed by atoms with Gasteiger partial charge >= 0.3 is 0 Å². The van der Waals surface area contributed by atoms with Crippen LogP contribution in [0.15, 0.2) is 24.3 Å². The Balaban J connectivity index is 2.60. The third-order valence-corrected chi connectivity index (χ3v) is 1.80. The molecule has 0 heterocycles. The Kier molecular flexibility index (Phi) is 4.80. The number of hydrogen-bond acceptors (Lipinski definition) is 3. The highest BCUT2D eigenvalue weighted by Gasteiger charge is 2.01. The fourth-order valence-corrected chi connectivity index (χ4v) is 1.23. The molecule has 0 atom stereocenters. The summed E-state index contributed by atoms with van der Waals surface area (Å²) in [7, 11) is 3.12. The van der Waals surface area contributed by atoms with Crippen LogP contribution in [-0.4, -0.2) is 26.7 Å². The second-order valence-electron chi connectivity index (χ2n) is 3.11. The maximum absolute atomic E-state index is 11.2. The summed E-state index contributed by atoms with van der Waals surface area (Å²) in [6.45, 7) is 0.600. The van der Waals surface area contributed by atoms with Crippen LogP contribution >= 0.6 is 0 Å². The van der Waals surface area contributed by atoms with E-state index in [1.165, 1.54) is 7.11 Å². The molecule has 0 aliphatic rings. The normalized spacial score (nSPS) is 10.0. The number of rotatable bonds is 5. The van der Waals surface area contributed by atoms with E-state index in [4.69, 9.17) is 9.47 Å². The second kappa shape index (κ2) is 6.16. The Morgan fingerprint density at radius 3 is 2.80 bits per heavy atom. The monoisotopic (exact) mass is 209 g/mol. The molecule has 4 nitrogen and oxygen atoms in total. The zero-order valence-electron chi connectivity index (χ0n) is 8.95. The van der Waals surface area contributed by atoms with Crippen LogP contribution < -0.4 is 5.32 Å². The highest BCUT2D eigenvalue weighted by Crippen LogP contribution is 2.11. The summed E-state index contributed by atoms with van der Waals surface area (Å²) in [5.74, 6) is -0.160. The molecule has 1 rings (SSSR count). The van der Waals surface area contributed by atoms with Gasteiger partial charge in [0.1, 0.15) is 6.61 Å². The van der Waals surface area contributed by atoms with Gasteiger partial charge in [-0.05, 0) is 17.7 Å². The Labute approximate surface area is 89.2 Å². The molecular weight excluding hydrogens is 194 g/mol. The highest BCUT2D eigenvalue weighted by molar-refractivity contribution is 5.91. The molecule has 15 heavy (non-hydrogen) atoms. The van der Waals surface area contributed by atoms with E-state index in [2.05, 4.69) is 5.32 Å². The molecule has 0 aromatic heterocycles. The van der Waals surface area contributed by atoms with E-state index in [9.17, 15) is 4.79 Å². The summed E-state index contributed by atoms with van der Waals surface area (Å²) >= 11 is 0. The average Bonchev–Trinajstić information content (AvgIpc) is 2.19. The predicted molar refractivity (Wildman–Crippen MR) is 57.7 cm³/mol. The van der Waals surface area contributed by atoms with Crippen molar-refractivity contribution in [2.75, 3.05) is 26.1 Å². The van der Waals surface area contributed by atoms with Gasteiger partial charge in [-0.2, -0.15) is 0 Å². The second-order valence-corrected chi connectivity index (χ2v) is 3.11. The van der Waals surface area contributed by atoms with Crippen molar-refractivity contribution in [1.29, 1.82) is 0 Å². The van der Waals surface area contributed by atoms with Crippen LogP contribution in [0.4, 0.5) is 5.69 Å². The Hall–Kier alpha value is -1.39. The first-order valence-electron chi connectivity index (χ1n) is 4.63. The average molecular weight is 209 g/mol. The van der Waals surface area contributed by atoms with E-state index < -0.39 is 0 Å². The molecule has 1 N–H and O–H groups in total. The van der Waals surface area contributed by atoms with Crippen molar-refractivity contribution in [1.82, 2.24) is 0 Å². The number of nitrogens with one attached hydrogen (secondary N) is 1. The fraction of sp³-hybridized carbons (Fsp3) is 0.364. The van der Waals surface area contributed by atoms with Crippen LogP contribution in [0.5, 0.6) is 0 Å². The van der Waals surface area contributed by atoms with Gasteiger partial charge in [0, 0.05) is 19.9 Å². The van der Waals surface area contributed by atoms with Gasteiger partial charge < -0.3 is 14.8 Å².